The Bertz CT molecular complexity index is 377. The maximum atomic E-state index is 12.1. The van der Waals surface area contributed by atoms with Gasteiger partial charge in [0.1, 0.15) is 5.60 Å². The lowest BCUT2D eigenvalue weighted by Crippen LogP contribution is -2.36. The summed E-state index contributed by atoms with van der Waals surface area (Å²) in [6.07, 6.45) is 2.93. The van der Waals surface area contributed by atoms with Gasteiger partial charge in [-0.15, -0.1) is 0 Å². The lowest BCUT2D eigenvalue weighted by atomic mass is 10.0. The minimum absolute atomic E-state index is 0.198. The molecule has 1 heterocycles. The fourth-order valence-electron chi connectivity index (χ4n) is 1.34. The van der Waals surface area contributed by atoms with Crippen LogP contribution in [0.5, 0.6) is 5.88 Å². The number of aromatic nitrogens is 2. The Kier molecular flexibility index (Phi) is 3.95. The van der Waals surface area contributed by atoms with Crippen molar-refractivity contribution in [3.8, 4) is 5.88 Å². The molecule has 5 nitrogen and oxygen atoms in total. The first-order valence-electron chi connectivity index (χ1n) is 5.06. The molecule has 0 aliphatic heterocycles. The number of hydrogen-bond donors (Lipinski definition) is 0. The monoisotopic (exact) mass is 224 g/mol. The Morgan fingerprint density at radius 3 is 2.56 bits per heavy atom. The Labute approximate surface area is 94.8 Å². The first kappa shape index (κ1) is 12.6. The van der Waals surface area contributed by atoms with Gasteiger partial charge in [0.2, 0.25) is 11.7 Å². The third-order valence-electron chi connectivity index (χ3n) is 2.13. The van der Waals surface area contributed by atoms with E-state index in [1.807, 2.05) is 6.92 Å². The largest absolute Gasteiger partial charge is 0.479 e. The number of ether oxygens (including phenoxy) is 2. The highest BCUT2D eigenvalue weighted by Crippen LogP contribution is 2.20. The molecule has 5 heteroatoms. The second kappa shape index (κ2) is 5.03. The molecule has 0 fully saturated rings. The van der Waals surface area contributed by atoms with Crippen LogP contribution in [-0.4, -0.2) is 35.1 Å². The van der Waals surface area contributed by atoms with E-state index in [2.05, 4.69) is 9.97 Å². The van der Waals surface area contributed by atoms with E-state index in [0.717, 1.165) is 0 Å². The van der Waals surface area contributed by atoms with Gasteiger partial charge in [-0.3, -0.25) is 4.79 Å². The van der Waals surface area contributed by atoms with E-state index in [1.54, 1.807) is 13.8 Å². The number of rotatable bonds is 5. The second-order valence-electron chi connectivity index (χ2n) is 3.69. The van der Waals surface area contributed by atoms with Gasteiger partial charge in [-0.2, -0.15) is 0 Å². The van der Waals surface area contributed by atoms with Crippen LogP contribution in [0, 0.1) is 0 Å². The van der Waals surface area contributed by atoms with Gasteiger partial charge in [-0.25, -0.2) is 9.97 Å². The average Bonchev–Trinajstić information content (AvgIpc) is 2.28. The van der Waals surface area contributed by atoms with Crippen LogP contribution in [0.15, 0.2) is 12.4 Å². The Morgan fingerprint density at radius 1 is 1.38 bits per heavy atom. The molecule has 1 aromatic rings. The molecule has 16 heavy (non-hydrogen) atoms. The molecule has 1 aromatic heterocycles. The third-order valence-corrected chi connectivity index (χ3v) is 2.13. The Morgan fingerprint density at radius 2 is 2.00 bits per heavy atom. The van der Waals surface area contributed by atoms with Gasteiger partial charge >= 0.3 is 0 Å². The summed E-state index contributed by atoms with van der Waals surface area (Å²) in [5.41, 5.74) is -0.721. The number of carbonyl (C=O) groups excluding carboxylic acids is 1. The molecule has 88 valence electrons. The molecule has 0 saturated heterocycles. The molecule has 0 atom stereocenters. The number of carbonyl (C=O) groups is 1. The Balaban J connectivity index is 3.04. The fraction of sp³-hybridized carbons (Fsp3) is 0.545. The van der Waals surface area contributed by atoms with Gasteiger partial charge in [-0.1, -0.05) is 0 Å². The molecule has 0 aromatic carbocycles. The topological polar surface area (TPSA) is 61.3 Å². The summed E-state index contributed by atoms with van der Waals surface area (Å²) in [6.45, 7) is 5.70. The van der Waals surface area contributed by atoms with Crippen LogP contribution >= 0.6 is 0 Å². The number of methoxy groups -OCH3 is 1. The van der Waals surface area contributed by atoms with E-state index in [9.17, 15) is 4.79 Å². The standard InChI is InChI=1S/C11H16N2O3/c1-5-16-11(2,3)9(14)8-10(15-4)13-7-6-12-8/h6-7H,5H2,1-4H3. The molecule has 0 aliphatic carbocycles. The van der Waals surface area contributed by atoms with Gasteiger partial charge in [0.15, 0.2) is 5.69 Å². The predicted molar refractivity (Wildman–Crippen MR) is 58.6 cm³/mol. The van der Waals surface area contributed by atoms with Crippen LogP contribution in [0.1, 0.15) is 31.3 Å². The van der Waals surface area contributed by atoms with Crippen LogP contribution in [-0.2, 0) is 4.74 Å². The van der Waals surface area contributed by atoms with Crippen LogP contribution in [0.2, 0.25) is 0 Å². The van der Waals surface area contributed by atoms with Crippen molar-refractivity contribution in [2.24, 2.45) is 0 Å². The summed E-state index contributed by atoms with van der Waals surface area (Å²) in [6, 6.07) is 0. The molecule has 0 radical (unpaired) electrons. The highest BCUT2D eigenvalue weighted by Gasteiger charge is 2.32. The quantitative estimate of drug-likeness (QED) is 0.709. The molecule has 0 aliphatic rings. The van der Waals surface area contributed by atoms with E-state index < -0.39 is 5.60 Å². The summed E-state index contributed by atoms with van der Waals surface area (Å²) in [5, 5.41) is 0. The number of Topliss-reactive ketones (excluding diaryl/α,β-unsaturated/α-hetero) is 1. The zero-order valence-corrected chi connectivity index (χ0v) is 9.98. The van der Waals surface area contributed by atoms with Crippen LogP contribution in [0.25, 0.3) is 0 Å². The van der Waals surface area contributed by atoms with E-state index in [1.165, 1.54) is 19.5 Å². The van der Waals surface area contributed by atoms with E-state index >= 15 is 0 Å². The first-order valence-corrected chi connectivity index (χ1v) is 5.06. The highest BCUT2D eigenvalue weighted by molar-refractivity contribution is 6.02. The van der Waals surface area contributed by atoms with E-state index in [4.69, 9.17) is 9.47 Å². The van der Waals surface area contributed by atoms with Crippen molar-refractivity contribution in [3.05, 3.63) is 18.1 Å². The third kappa shape index (κ3) is 2.55. The van der Waals surface area contributed by atoms with Crippen LogP contribution in [0.3, 0.4) is 0 Å². The molecule has 0 amide bonds. The highest BCUT2D eigenvalue weighted by atomic mass is 16.5. The van der Waals surface area contributed by atoms with Crippen molar-refractivity contribution in [1.82, 2.24) is 9.97 Å². The minimum Gasteiger partial charge on any atom is -0.479 e. The summed E-state index contributed by atoms with van der Waals surface area (Å²) >= 11 is 0. The van der Waals surface area contributed by atoms with Crippen molar-refractivity contribution < 1.29 is 14.3 Å². The van der Waals surface area contributed by atoms with Crippen LogP contribution < -0.4 is 4.74 Å². The molecule has 0 saturated carbocycles. The van der Waals surface area contributed by atoms with Crippen molar-refractivity contribution in [2.75, 3.05) is 13.7 Å². The first-order chi connectivity index (χ1) is 7.53. The summed E-state index contributed by atoms with van der Waals surface area (Å²) < 4.78 is 10.4. The zero-order chi connectivity index (χ0) is 12.2. The van der Waals surface area contributed by atoms with Crippen molar-refractivity contribution >= 4 is 5.78 Å². The lowest BCUT2D eigenvalue weighted by Gasteiger charge is -2.22. The second-order valence-corrected chi connectivity index (χ2v) is 3.69. The van der Waals surface area contributed by atoms with Gasteiger partial charge in [-0.05, 0) is 20.8 Å². The molecule has 0 unspecified atom stereocenters. The maximum Gasteiger partial charge on any atom is 0.243 e. The fourth-order valence-corrected chi connectivity index (χ4v) is 1.34. The smallest absolute Gasteiger partial charge is 0.243 e. The zero-order valence-electron chi connectivity index (χ0n) is 9.98. The van der Waals surface area contributed by atoms with E-state index in [0.29, 0.717) is 6.61 Å². The molecular formula is C11H16N2O3. The molecule has 0 spiro atoms. The molecule has 1 rings (SSSR count). The summed E-state index contributed by atoms with van der Waals surface area (Å²) in [5.74, 6) is -0.0143. The normalized spacial score (nSPS) is 11.2. The number of nitrogens with zero attached hydrogens (tertiary/aromatic N) is 2. The molecule has 0 bridgehead atoms. The average molecular weight is 224 g/mol. The van der Waals surface area contributed by atoms with Crippen LogP contribution in [0.4, 0.5) is 0 Å². The molecular weight excluding hydrogens is 208 g/mol. The number of hydrogen-bond acceptors (Lipinski definition) is 5. The summed E-state index contributed by atoms with van der Waals surface area (Å²) in [7, 11) is 1.45. The maximum absolute atomic E-state index is 12.1. The van der Waals surface area contributed by atoms with Gasteiger partial charge in [0.05, 0.1) is 7.11 Å². The SMILES string of the molecule is CCOC(C)(C)C(=O)c1nccnc1OC. The number of ketones is 1. The predicted octanol–water partition coefficient (Wildman–Crippen LogP) is 1.48. The van der Waals surface area contributed by atoms with E-state index in [-0.39, 0.29) is 17.4 Å². The minimum atomic E-state index is -0.919. The van der Waals surface area contributed by atoms with Gasteiger partial charge < -0.3 is 9.47 Å². The van der Waals surface area contributed by atoms with Crippen molar-refractivity contribution in [3.63, 3.8) is 0 Å². The molecule has 0 N–H and O–H groups in total. The van der Waals surface area contributed by atoms with Crippen molar-refractivity contribution in [2.45, 2.75) is 26.4 Å². The Hall–Kier alpha value is -1.49. The lowest BCUT2D eigenvalue weighted by molar-refractivity contribution is 0.000605. The summed E-state index contributed by atoms with van der Waals surface area (Å²) in [4.78, 5) is 20.0. The van der Waals surface area contributed by atoms with Gasteiger partial charge in [0.25, 0.3) is 0 Å². The van der Waals surface area contributed by atoms with Gasteiger partial charge in [0, 0.05) is 19.0 Å². The van der Waals surface area contributed by atoms with Crippen molar-refractivity contribution in [1.29, 1.82) is 0 Å².